The topological polar surface area (TPSA) is 77.6 Å². The van der Waals surface area contributed by atoms with Crippen LogP contribution in [-0.2, 0) is 35.4 Å². The second kappa shape index (κ2) is 23.0. The van der Waals surface area contributed by atoms with Gasteiger partial charge >= 0.3 is 0 Å². The Labute approximate surface area is 460 Å². The van der Waals surface area contributed by atoms with E-state index in [1.165, 1.54) is 129 Å². The number of unbranched alkanes of at least 4 members (excludes halogenated alkanes) is 2. The van der Waals surface area contributed by atoms with Gasteiger partial charge in [0.2, 0.25) is 11.8 Å². The molecule has 0 radical (unpaired) electrons. The van der Waals surface area contributed by atoms with Gasteiger partial charge in [-0.25, -0.2) is 4.39 Å². The summed E-state index contributed by atoms with van der Waals surface area (Å²) in [4.78, 5) is 40.1. The minimum atomic E-state index is -0.284. The molecule has 3 saturated heterocycles. The maximum Gasteiger partial charge on any atom is 0.225 e. The first-order chi connectivity index (χ1) is 37.6. The number of nitrogens with zero attached hydrogens (tertiary/aromatic N) is 6. The zero-order valence-corrected chi connectivity index (χ0v) is 46.9. The van der Waals surface area contributed by atoms with Crippen molar-refractivity contribution in [2.45, 2.75) is 160 Å². The summed E-state index contributed by atoms with van der Waals surface area (Å²) in [6, 6.07) is 29.9. The first-order valence-electron chi connectivity index (χ1n) is 30.7. The number of nitrogens with one attached hydrogen (secondary N) is 2. The zero-order valence-electron chi connectivity index (χ0n) is 46.9. The lowest BCUT2D eigenvalue weighted by Gasteiger charge is -2.38. The number of carbonyl (C=O) groups is 2. The Morgan fingerprint density at radius 1 is 0.519 bits per heavy atom. The molecule has 14 rings (SSSR count). The summed E-state index contributed by atoms with van der Waals surface area (Å²) in [6.07, 6.45) is 18.0. The molecule has 2 N–H and O–H groups in total. The van der Waals surface area contributed by atoms with Crippen LogP contribution in [0.1, 0.15) is 155 Å². The molecule has 1 saturated carbocycles. The molecule has 10 aliphatic rings. The molecule has 6 atom stereocenters. The molecule has 77 heavy (non-hydrogen) atoms. The monoisotopic (exact) mass is 1040 g/mol. The van der Waals surface area contributed by atoms with Crippen molar-refractivity contribution in [2.75, 3.05) is 99.8 Å². The number of fused-ring (bicyclic) bond motifs is 9. The molecule has 11 heteroatoms. The second-order valence-electron chi connectivity index (χ2n) is 25.8. The fourth-order valence-electron chi connectivity index (χ4n) is 16.0. The van der Waals surface area contributed by atoms with E-state index in [1.54, 1.807) is 62.6 Å². The molecule has 412 valence electrons. The van der Waals surface area contributed by atoms with E-state index in [0.717, 1.165) is 77.0 Å². The number of likely N-dealkylation sites (tertiary alicyclic amines) is 3. The molecule has 0 bridgehead atoms. The summed E-state index contributed by atoms with van der Waals surface area (Å²) in [5.41, 5.74) is 15.1. The van der Waals surface area contributed by atoms with Gasteiger partial charge in [-0.1, -0.05) is 107 Å². The quantitative estimate of drug-likeness (QED) is 0.128. The Hall–Kier alpha value is -4.97. The van der Waals surface area contributed by atoms with Crippen LogP contribution in [-0.4, -0.2) is 130 Å². The average molecular weight is 1050 g/mol. The Balaban J connectivity index is 0.000000117. The minimum Gasteiger partial charge on any atom is -0.367 e. The summed E-state index contributed by atoms with van der Waals surface area (Å²) in [5.74, 6) is 2.65. The molecule has 1 aliphatic carbocycles. The van der Waals surface area contributed by atoms with Crippen molar-refractivity contribution in [1.82, 2.24) is 25.3 Å². The van der Waals surface area contributed by atoms with Gasteiger partial charge in [-0.3, -0.25) is 14.5 Å². The summed E-state index contributed by atoms with van der Waals surface area (Å²) in [6.45, 7) is 21.6. The highest BCUT2D eigenvalue weighted by atomic mass is 19.1. The summed E-state index contributed by atoms with van der Waals surface area (Å²) in [7, 11) is 0. The summed E-state index contributed by atoms with van der Waals surface area (Å²) < 4.78 is 13.1. The van der Waals surface area contributed by atoms with Crippen molar-refractivity contribution in [2.24, 2.45) is 11.3 Å². The third-order valence-corrected chi connectivity index (χ3v) is 19.9. The van der Waals surface area contributed by atoms with E-state index >= 15 is 0 Å². The Morgan fingerprint density at radius 2 is 0.961 bits per heavy atom. The van der Waals surface area contributed by atoms with Crippen LogP contribution in [0.5, 0.6) is 0 Å². The van der Waals surface area contributed by atoms with Gasteiger partial charge in [-0.05, 0) is 141 Å². The molecule has 9 heterocycles. The maximum atomic E-state index is 13.1. The number of carbonyl (C=O) groups excluding carboxylic acids is 2. The maximum absolute atomic E-state index is 13.1. The number of anilines is 3. The molecule has 10 nitrogen and oxygen atoms in total. The van der Waals surface area contributed by atoms with E-state index in [-0.39, 0.29) is 17.1 Å². The lowest BCUT2D eigenvalue weighted by molar-refractivity contribution is -0.128. The fourth-order valence-corrected chi connectivity index (χ4v) is 16.0. The molecule has 0 spiro atoms. The Morgan fingerprint density at radius 3 is 1.43 bits per heavy atom. The first kappa shape index (κ1) is 52.7. The van der Waals surface area contributed by atoms with Gasteiger partial charge in [0.1, 0.15) is 5.82 Å². The average Bonchev–Trinajstić information content (AvgIpc) is 4.34. The number of piperidine rings is 3. The van der Waals surface area contributed by atoms with E-state index in [9.17, 15) is 14.0 Å². The largest absolute Gasteiger partial charge is 0.367 e. The lowest BCUT2D eigenvalue weighted by Crippen LogP contribution is -2.46. The second-order valence-corrected chi connectivity index (χ2v) is 25.8. The summed E-state index contributed by atoms with van der Waals surface area (Å²) >= 11 is 0. The van der Waals surface area contributed by atoms with Crippen molar-refractivity contribution in [3.8, 4) is 0 Å². The molecule has 9 aliphatic heterocycles. The summed E-state index contributed by atoms with van der Waals surface area (Å²) in [5, 5.41) is 6.26. The van der Waals surface area contributed by atoms with Crippen molar-refractivity contribution in [3.05, 3.63) is 124 Å². The number of benzene rings is 4. The van der Waals surface area contributed by atoms with Gasteiger partial charge < -0.3 is 35.1 Å². The van der Waals surface area contributed by atoms with Crippen LogP contribution < -0.4 is 25.3 Å². The third kappa shape index (κ3) is 11.0. The van der Waals surface area contributed by atoms with E-state index in [4.69, 9.17) is 0 Å². The number of hydrogen-bond acceptors (Lipinski definition) is 8. The van der Waals surface area contributed by atoms with Crippen LogP contribution in [0.2, 0.25) is 0 Å². The molecule has 4 aromatic rings. The van der Waals surface area contributed by atoms with E-state index in [2.05, 4.69) is 94.6 Å². The van der Waals surface area contributed by atoms with Crippen molar-refractivity contribution in [3.63, 3.8) is 0 Å². The van der Waals surface area contributed by atoms with Gasteiger partial charge in [0, 0.05) is 143 Å². The van der Waals surface area contributed by atoms with Crippen molar-refractivity contribution in [1.29, 1.82) is 0 Å². The van der Waals surface area contributed by atoms with Crippen LogP contribution in [0.3, 0.4) is 0 Å². The zero-order chi connectivity index (χ0) is 52.6. The van der Waals surface area contributed by atoms with Crippen LogP contribution in [0.15, 0.2) is 78.9 Å². The molecule has 0 unspecified atom stereocenters. The molecule has 4 fully saturated rings. The standard InChI is InChI=1S/C24H35N3O.C22H33N3O.C20H21FN2/c28-24(19-7-2-1-3-8-19)25-13-4-5-14-26-15-12-22-21(17-26)20-10-6-9-18-11-16-27(22)23(18)20;1-22(2,3)21(26)23-11-4-5-12-24-13-10-19-18(15-24)17-8-6-7-16-9-14-25(19)20(16)17;21-16-6-4-14(5-7-16)12-22-10-9-19-18(13-22)17-3-1-2-15-8-11-23(19)20(15)17/h6,9-10,19,21-22H,1-5,7-8,11-17H2,(H,25,28);6-8,18-19H,4-5,9-15H2,1-3H3,(H,23,26);1-7,18-19H,8-13H2/t21-,22-;2*18-,19-/m111/s1. The van der Waals surface area contributed by atoms with Crippen molar-refractivity contribution >= 4 is 28.9 Å². The van der Waals surface area contributed by atoms with Gasteiger partial charge in [0.25, 0.3) is 0 Å². The highest BCUT2D eigenvalue weighted by Crippen LogP contribution is 2.52. The van der Waals surface area contributed by atoms with Crippen LogP contribution in [0, 0.1) is 17.2 Å². The number of amides is 2. The normalized spacial score (nSPS) is 25.7. The molecular weight excluding hydrogens is 956 g/mol. The van der Waals surface area contributed by atoms with Crippen molar-refractivity contribution < 1.29 is 14.0 Å². The van der Waals surface area contributed by atoms with Gasteiger partial charge in [-0.2, -0.15) is 0 Å². The van der Waals surface area contributed by atoms with E-state index in [1.807, 2.05) is 32.9 Å². The van der Waals surface area contributed by atoms with Gasteiger partial charge in [0.15, 0.2) is 0 Å². The number of hydrogen-bond donors (Lipinski definition) is 2. The smallest absolute Gasteiger partial charge is 0.225 e. The molecule has 4 aromatic carbocycles. The number of rotatable bonds is 13. The van der Waals surface area contributed by atoms with E-state index in [0.29, 0.717) is 35.6 Å². The predicted octanol–water partition coefficient (Wildman–Crippen LogP) is 10.4. The van der Waals surface area contributed by atoms with Gasteiger partial charge in [-0.15, -0.1) is 0 Å². The van der Waals surface area contributed by atoms with Gasteiger partial charge in [0.05, 0.1) is 0 Å². The highest BCUT2D eigenvalue weighted by Gasteiger charge is 2.47. The predicted molar refractivity (Wildman–Crippen MR) is 311 cm³/mol. The Kier molecular flexibility index (Phi) is 15.8. The minimum absolute atomic E-state index is 0.150. The van der Waals surface area contributed by atoms with Crippen LogP contribution >= 0.6 is 0 Å². The highest BCUT2D eigenvalue weighted by molar-refractivity contribution is 5.81. The molecule has 2 amide bonds. The lowest BCUT2D eigenvalue weighted by atomic mass is 9.87. The van der Waals surface area contributed by atoms with E-state index < -0.39 is 0 Å². The SMILES string of the molecule is CC(C)(C)C(=O)NCCCCN1CC[C@@H]2[C@H](C1)c1cccc3c1N2CC3.Fc1ccc(CN2CC[C@@H]3[C@H](C2)c2cccc4c2N3CC4)cc1.O=C(NCCCCN1CC[C@@H]2[C@H](C1)c1cccc3c1N2CC3)C1CCCCC1. The first-order valence-corrected chi connectivity index (χ1v) is 30.7. The molecule has 0 aromatic heterocycles. The Bertz CT molecular complexity index is 2720. The number of halogens is 1. The molecular formula is C66H89FN8O2. The third-order valence-electron chi connectivity index (χ3n) is 19.9. The van der Waals surface area contributed by atoms with Crippen LogP contribution in [0.25, 0.3) is 0 Å². The van der Waals surface area contributed by atoms with Crippen LogP contribution in [0.4, 0.5) is 21.5 Å². The number of para-hydroxylation sites is 3. The fraction of sp³-hybridized carbons (Fsp3) is 0.606.